The predicted octanol–water partition coefficient (Wildman–Crippen LogP) is 3.94. The van der Waals surface area contributed by atoms with E-state index in [0.29, 0.717) is 10.8 Å². The molecule has 2 nitrogen and oxygen atoms in total. The second kappa shape index (κ2) is 6.74. The molecule has 0 aromatic heterocycles. The summed E-state index contributed by atoms with van der Waals surface area (Å²) in [4.78, 5) is 0.415. The SMILES string of the molecule is CC/C=C\CC(CC)c1cccc(S(C)(=O)=O)c1. The van der Waals surface area contributed by atoms with Gasteiger partial charge in [0.25, 0.3) is 0 Å². The highest BCUT2D eigenvalue weighted by atomic mass is 32.2. The third-order valence-electron chi connectivity index (χ3n) is 3.07. The normalized spacial score (nSPS) is 13.9. The van der Waals surface area contributed by atoms with E-state index in [1.165, 1.54) is 6.26 Å². The molecule has 18 heavy (non-hydrogen) atoms. The number of allylic oxidation sites excluding steroid dienone is 2. The lowest BCUT2D eigenvalue weighted by molar-refractivity contribution is 0.601. The van der Waals surface area contributed by atoms with Crippen molar-refractivity contribution >= 4 is 9.84 Å². The van der Waals surface area contributed by atoms with Crippen molar-refractivity contribution in [2.75, 3.05) is 6.26 Å². The number of sulfone groups is 1. The van der Waals surface area contributed by atoms with Crippen molar-refractivity contribution in [3.05, 3.63) is 42.0 Å². The maximum absolute atomic E-state index is 11.5. The molecule has 0 fully saturated rings. The van der Waals surface area contributed by atoms with Crippen LogP contribution >= 0.6 is 0 Å². The summed E-state index contributed by atoms with van der Waals surface area (Å²) >= 11 is 0. The highest BCUT2D eigenvalue weighted by Crippen LogP contribution is 2.25. The summed E-state index contributed by atoms with van der Waals surface area (Å²) in [7, 11) is -3.11. The van der Waals surface area contributed by atoms with Crippen LogP contribution in [0, 0.1) is 0 Å². The highest BCUT2D eigenvalue weighted by molar-refractivity contribution is 7.90. The Morgan fingerprint density at radius 3 is 2.50 bits per heavy atom. The average molecular weight is 266 g/mol. The number of benzene rings is 1. The van der Waals surface area contributed by atoms with Gasteiger partial charge in [0.1, 0.15) is 0 Å². The Labute approximate surface area is 111 Å². The van der Waals surface area contributed by atoms with Gasteiger partial charge in [-0.3, -0.25) is 0 Å². The molecule has 0 bridgehead atoms. The fourth-order valence-corrected chi connectivity index (χ4v) is 2.64. The van der Waals surface area contributed by atoms with Crippen LogP contribution in [0.4, 0.5) is 0 Å². The van der Waals surface area contributed by atoms with Crippen LogP contribution in [-0.2, 0) is 9.84 Å². The molecule has 1 aromatic carbocycles. The first-order valence-corrected chi connectivity index (χ1v) is 8.33. The molecular formula is C15H22O2S. The van der Waals surface area contributed by atoms with Gasteiger partial charge in [0.2, 0.25) is 0 Å². The van der Waals surface area contributed by atoms with Gasteiger partial charge in [-0.25, -0.2) is 8.42 Å². The minimum atomic E-state index is -3.11. The molecule has 0 N–H and O–H groups in total. The second-order valence-corrected chi connectivity index (χ2v) is 6.58. The van der Waals surface area contributed by atoms with E-state index in [4.69, 9.17) is 0 Å². The summed E-state index contributed by atoms with van der Waals surface area (Å²) in [6.07, 6.45) is 8.62. The zero-order valence-electron chi connectivity index (χ0n) is 11.4. The maximum atomic E-state index is 11.5. The Hall–Kier alpha value is -1.09. The van der Waals surface area contributed by atoms with E-state index in [0.717, 1.165) is 24.8 Å². The van der Waals surface area contributed by atoms with Crippen LogP contribution in [0.2, 0.25) is 0 Å². The highest BCUT2D eigenvalue weighted by Gasteiger charge is 2.12. The molecule has 0 heterocycles. The third-order valence-corrected chi connectivity index (χ3v) is 4.18. The molecule has 1 unspecified atom stereocenters. The first-order valence-electron chi connectivity index (χ1n) is 6.44. The smallest absolute Gasteiger partial charge is 0.175 e. The summed E-state index contributed by atoms with van der Waals surface area (Å²) in [6, 6.07) is 7.32. The van der Waals surface area contributed by atoms with Crippen LogP contribution in [0.1, 0.15) is 44.6 Å². The zero-order chi connectivity index (χ0) is 13.6. The quantitative estimate of drug-likeness (QED) is 0.731. The van der Waals surface area contributed by atoms with Crippen molar-refractivity contribution in [1.82, 2.24) is 0 Å². The van der Waals surface area contributed by atoms with Crippen LogP contribution in [-0.4, -0.2) is 14.7 Å². The van der Waals surface area contributed by atoms with E-state index in [2.05, 4.69) is 26.0 Å². The third kappa shape index (κ3) is 4.30. The summed E-state index contributed by atoms with van der Waals surface area (Å²) in [5.41, 5.74) is 1.11. The van der Waals surface area contributed by atoms with Crippen molar-refractivity contribution in [2.45, 2.75) is 43.9 Å². The van der Waals surface area contributed by atoms with Gasteiger partial charge in [0.15, 0.2) is 9.84 Å². The minimum absolute atomic E-state index is 0.398. The predicted molar refractivity (Wildman–Crippen MR) is 76.6 cm³/mol. The minimum Gasteiger partial charge on any atom is -0.224 e. The fraction of sp³-hybridized carbons (Fsp3) is 0.467. The van der Waals surface area contributed by atoms with Crippen molar-refractivity contribution in [2.24, 2.45) is 0 Å². The molecule has 0 aliphatic heterocycles. The number of hydrogen-bond donors (Lipinski definition) is 0. The van der Waals surface area contributed by atoms with Gasteiger partial charge < -0.3 is 0 Å². The van der Waals surface area contributed by atoms with Crippen LogP contribution in [0.25, 0.3) is 0 Å². The van der Waals surface area contributed by atoms with Crippen LogP contribution < -0.4 is 0 Å². The second-order valence-electron chi connectivity index (χ2n) is 4.57. The standard InChI is InChI=1S/C15H22O2S/c1-4-6-7-9-13(5-2)14-10-8-11-15(12-14)18(3,16)17/h6-8,10-13H,4-5,9H2,1-3H3/b7-6-. The van der Waals surface area contributed by atoms with Gasteiger partial charge in [-0.15, -0.1) is 0 Å². The lowest BCUT2D eigenvalue weighted by Crippen LogP contribution is -2.01. The fourth-order valence-electron chi connectivity index (χ4n) is 1.96. The van der Waals surface area contributed by atoms with E-state index in [1.54, 1.807) is 6.07 Å². The van der Waals surface area contributed by atoms with Gasteiger partial charge in [0.05, 0.1) is 4.90 Å². The van der Waals surface area contributed by atoms with Gasteiger partial charge in [-0.2, -0.15) is 0 Å². The van der Waals surface area contributed by atoms with E-state index >= 15 is 0 Å². The molecule has 0 spiro atoms. The van der Waals surface area contributed by atoms with Gasteiger partial charge >= 0.3 is 0 Å². The maximum Gasteiger partial charge on any atom is 0.175 e. The zero-order valence-corrected chi connectivity index (χ0v) is 12.2. The molecule has 3 heteroatoms. The van der Waals surface area contributed by atoms with Gasteiger partial charge in [-0.1, -0.05) is 38.1 Å². The summed E-state index contributed by atoms with van der Waals surface area (Å²) in [6.45, 7) is 4.25. The molecule has 1 aromatic rings. The molecule has 0 aliphatic rings. The Kier molecular flexibility index (Phi) is 5.60. The summed E-state index contributed by atoms with van der Waals surface area (Å²) in [5.74, 6) is 0.398. The molecular weight excluding hydrogens is 244 g/mol. The molecule has 0 saturated carbocycles. The molecule has 0 amide bonds. The van der Waals surface area contributed by atoms with E-state index < -0.39 is 9.84 Å². The van der Waals surface area contributed by atoms with Crippen molar-refractivity contribution in [1.29, 1.82) is 0 Å². The first kappa shape index (κ1) is 15.0. The molecule has 0 aliphatic carbocycles. The summed E-state index contributed by atoms with van der Waals surface area (Å²) in [5, 5.41) is 0. The molecule has 100 valence electrons. The van der Waals surface area contributed by atoms with E-state index in [1.807, 2.05) is 18.2 Å². The number of rotatable bonds is 6. The van der Waals surface area contributed by atoms with Crippen molar-refractivity contribution in [3.8, 4) is 0 Å². The van der Waals surface area contributed by atoms with Crippen LogP contribution in [0.5, 0.6) is 0 Å². The van der Waals surface area contributed by atoms with Gasteiger partial charge in [0, 0.05) is 6.26 Å². The van der Waals surface area contributed by atoms with E-state index in [-0.39, 0.29) is 0 Å². The monoisotopic (exact) mass is 266 g/mol. The topological polar surface area (TPSA) is 34.1 Å². The molecule has 0 radical (unpaired) electrons. The number of hydrogen-bond acceptors (Lipinski definition) is 2. The molecule has 1 atom stereocenters. The summed E-state index contributed by atoms with van der Waals surface area (Å²) < 4.78 is 23.1. The molecule has 1 rings (SSSR count). The van der Waals surface area contributed by atoms with Crippen LogP contribution in [0.3, 0.4) is 0 Å². The van der Waals surface area contributed by atoms with Crippen molar-refractivity contribution in [3.63, 3.8) is 0 Å². The lowest BCUT2D eigenvalue weighted by atomic mass is 9.93. The Morgan fingerprint density at radius 1 is 1.22 bits per heavy atom. The lowest BCUT2D eigenvalue weighted by Gasteiger charge is -2.14. The molecule has 0 saturated heterocycles. The average Bonchev–Trinajstić information content (AvgIpc) is 2.34. The first-order chi connectivity index (χ1) is 8.49. The Balaban J connectivity index is 2.96. The Bertz CT molecular complexity index is 501. The van der Waals surface area contributed by atoms with E-state index in [9.17, 15) is 8.42 Å². The largest absolute Gasteiger partial charge is 0.224 e. The van der Waals surface area contributed by atoms with Crippen molar-refractivity contribution < 1.29 is 8.42 Å². The van der Waals surface area contributed by atoms with Crippen LogP contribution in [0.15, 0.2) is 41.3 Å². The Morgan fingerprint density at radius 2 is 1.94 bits per heavy atom. The van der Waals surface area contributed by atoms with Gasteiger partial charge in [-0.05, 0) is 42.9 Å².